The van der Waals surface area contributed by atoms with Gasteiger partial charge in [0.2, 0.25) is 0 Å². The van der Waals surface area contributed by atoms with Crippen LogP contribution in [0.2, 0.25) is 0 Å². The van der Waals surface area contributed by atoms with Crippen molar-refractivity contribution in [1.29, 1.82) is 0 Å². The second-order valence-electron chi connectivity index (χ2n) is 5.49. The van der Waals surface area contributed by atoms with Gasteiger partial charge in [-0.05, 0) is 24.1 Å². The zero-order valence-corrected chi connectivity index (χ0v) is 13.8. The fraction of sp³-hybridized carbons (Fsp3) is 0.294. The Morgan fingerprint density at radius 1 is 1.22 bits per heavy atom. The Morgan fingerprint density at radius 2 is 2.04 bits per heavy atom. The van der Waals surface area contributed by atoms with Gasteiger partial charge >= 0.3 is 0 Å². The van der Waals surface area contributed by atoms with Crippen molar-refractivity contribution in [3.63, 3.8) is 0 Å². The van der Waals surface area contributed by atoms with Gasteiger partial charge in [-0.3, -0.25) is 9.36 Å². The second-order valence-corrected chi connectivity index (χ2v) is 6.35. The van der Waals surface area contributed by atoms with E-state index in [-0.39, 0.29) is 5.56 Å². The van der Waals surface area contributed by atoms with E-state index < -0.39 is 0 Å². The topological polar surface area (TPSA) is 53.4 Å². The molecule has 6 heteroatoms. The number of hydrogen-bond donors (Lipinski definition) is 0. The maximum absolute atomic E-state index is 12.8. The molecule has 1 aliphatic heterocycles. The van der Waals surface area contributed by atoms with Crippen molar-refractivity contribution >= 4 is 21.6 Å². The molecule has 0 fully saturated rings. The SMILES string of the molecule is COc1ccc(-c2csc3nc4n(c(=O)c23)CCC4)cc1OC. The van der Waals surface area contributed by atoms with Crippen LogP contribution in [-0.4, -0.2) is 23.8 Å². The summed E-state index contributed by atoms with van der Waals surface area (Å²) in [6.45, 7) is 0.762. The first-order chi connectivity index (χ1) is 11.2. The molecule has 118 valence electrons. The minimum atomic E-state index is 0.0635. The molecule has 0 amide bonds. The predicted molar refractivity (Wildman–Crippen MR) is 90.7 cm³/mol. The van der Waals surface area contributed by atoms with Gasteiger partial charge in [-0.2, -0.15) is 0 Å². The lowest BCUT2D eigenvalue weighted by Gasteiger charge is -2.09. The Hall–Kier alpha value is -2.34. The number of ether oxygens (including phenoxy) is 2. The van der Waals surface area contributed by atoms with E-state index in [1.54, 1.807) is 18.8 Å². The number of fused-ring (bicyclic) bond motifs is 2. The van der Waals surface area contributed by atoms with E-state index in [0.717, 1.165) is 41.2 Å². The molecule has 1 aromatic carbocycles. The third-order valence-electron chi connectivity index (χ3n) is 4.25. The molecule has 1 aliphatic rings. The van der Waals surface area contributed by atoms with Crippen LogP contribution >= 0.6 is 11.3 Å². The van der Waals surface area contributed by atoms with E-state index in [9.17, 15) is 4.79 Å². The first-order valence-electron chi connectivity index (χ1n) is 7.46. The highest BCUT2D eigenvalue weighted by Gasteiger charge is 2.20. The molecule has 0 saturated carbocycles. The summed E-state index contributed by atoms with van der Waals surface area (Å²) in [4.78, 5) is 18.3. The summed E-state index contributed by atoms with van der Waals surface area (Å²) in [5, 5.41) is 2.70. The highest BCUT2D eigenvalue weighted by molar-refractivity contribution is 7.17. The van der Waals surface area contributed by atoms with Gasteiger partial charge in [-0.1, -0.05) is 6.07 Å². The van der Waals surface area contributed by atoms with Crippen LogP contribution in [0.4, 0.5) is 0 Å². The fourth-order valence-electron chi connectivity index (χ4n) is 3.10. The maximum Gasteiger partial charge on any atom is 0.262 e. The van der Waals surface area contributed by atoms with Crippen molar-refractivity contribution in [1.82, 2.24) is 9.55 Å². The molecule has 0 bridgehead atoms. The molecular formula is C17H16N2O3S. The van der Waals surface area contributed by atoms with Crippen LogP contribution in [0.15, 0.2) is 28.4 Å². The van der Waals surface area contributed by atoms with Crippen molar-refractivity contribution in [3.8, 4) is 22.6 Å². The summed E-state index contributed by atoms with van der Waals surface area (Å²) in [6.07, 6.45) is 1.87. The average Bonchev–Trinajstić information content (AvgIpc) is 3.21. The summed E-state index contributed by atoms with van der Waals surface area (Å²) in [6, 6.07) is 5.70. The summed E-state index contributed by atoms with van der Waals surface area (Å²) in [5.41, 5.74) is 1.91. The fourth-order valence-corrected chi connectivity index (χ4v) is 4.06. The van der Waals surface area contributed by atoms with Gasteiger partial charge in [0.25, 0.3) is 5.56 Å². The minimum absolute atomic E-state index is 0.0635. The highest BCUT2D eigenvalue weighted by Crippen LogP contribution is 2.36. The van der Waals surface area contributed by atoms with Gasteiger partial charge in [0, 0.05) is 23.9 Å². The zero-order valence-electron chi connectivity index (χ0n) is 13.0. The smallest absolute Gasteiger partial charge is 0.262 e. The molecule has 0 aliphatic carbocycles. The van der Waals surface area contributed by atoms with Crippen LogP contribution in [0, 0.1) is 0 Å². The summed E-state index contributed by atoms with van der Waals surface area (Å²) < 4.78 is 12.5. The maximum atomic E-state index is 12.8. The van der Waals surface area contributed by atoms with Gasteiger partial charge < -0.3 is 9.47 Å². The van der Waals surface area contributed by atoms with E-state index in [1.807, 2.05) is 23.6 Å². The molecule has 0 N–H and O–H groups in total. The molecule has 4 rings (SSSR count). The molecular weight excluding hydrogens is 312 g/mol. The normalized spacial score (nSPS) is 13.3. The Balaban J connectivity index is 1.95. The molecule has 0 radical (unpaired) electrons. The van der Waals surface area contributed by atoms with Crippen molar-refractivity contribution < 1.29 is 9.47 Å². The number of aryl methyl sites for hydroxylation is 1. The molecule has 3 heterocycles. The minimum Gasteiger partial charge on any atom is -0.493 e. The monoisotopic (exact) mass is 328 g/mol. The number of hydrogen-bond acceptors (Lipinski definition) is 5. The first-order valence-corrected chi connectivity index (χ1v) is 8.34. The van der Waals surface area contributed by atoms with Crippen LogP contribution in [0.1, 0.15) is 12.2 Å². The predicted octanol–water partition coefficient (Wildman–Crippen LogP) is 3.09. The van der Waals surface area contributed by atoms with Crippen LogP contribution < -0.4 is 15.0 Å². The van der Waals surface area contributed by atoms with E-state index in [0.29, 0.717) is 16.9 Å². The van der Waals surface area contributed by atoms with Crippen LogP contribution in [0.25, 0.3) is 21.3 Å². The van der Waals surface area contributed by atoms with E-state index in [4.69, 9.17) is 9.47 Å². The largest absolute Gasteiger partial charge is 0.493 e. The van der Waals surface area contributed by atoms with Crippen LogP contribution in [0.3, 0.4) is 0 Å². The van der Waals surface area contributed by atoms with E-state index in [2.05, 4.69) is 4.98 Å². The van der Waals surface area contributed by atoms with Gasteiger partial charge in [0.1, 0.15) is 10.7 Å². The Bertz CT molecular complexity index is 958. The number of benzene rings is 1. The number of methoxy groups -OCH3 is 2. The van der Waals surface area contributed by atoms with Crippen LogP contribution in [-0.2, 0) is 13.0 Å². The molecule has 0 spiro atoms. The Morgan fingerprint density at radius 3 is 2.83 bits per heavy atom. The van der Waals surface area contributed by atoms with Gasteiger partial charge in [0.15, 0.2) is 11.5 Å². The number of nitrogens with zero attached hydrogens (tertiary/aromatic N) is 2. The van der Waals surface area contributed by atoms with Crippen molar-refractivity contribution in [2.75, 3.05) is 14.2 Å². The van der Waals surface area contributed by atoms with Gasteiger partial charge in [-0.15, -0.1) is 11.3 Å². The second kappa shape index (κ2) is 5.38. The first kappa shape index (κ1) is 14.3. The summed E-state index contributed by atoms with van der Waals surface area (Å²) in [7, 11) is 3.22. The summed E-state index contributed by atoms with van der Waals surface area (Å²) in [5.74, 6) is 2.23. The Labute approximate surface area is 137 Å². The number of rotatable bonds is 3. The zero-order chi connectivity index (χ0) is 16.0. The third kappa shape index (κ3) is 2.13. The highest BCUT2D eigenvalue weighted by atomic mass is 32.1. The van der Waals surface area contributed by atoms with Gasteiger partial charge in [0.05, 0.1) is 19.6 Å². The number of thiophene rings is 1. The van der Waals surface area contributed by atoms with Crippen LogP contribution in [0.5, 0.6) is 11.5 Å². The number of aromatic nitrogens is 2. The average molecular weight is 328 g/mol. The summed E-state index contributed by atoms with van der Waals surface area (Å²) >= 11 is 1.52. The standard InChI is InChI=1S/C17H16N2O3S/c1-21-12-6-5-10(8-13(12)22-2)11-9-23-16-15(11)17(20)19-7-3-4-14(19)18-16/h5-6,8-9H,3-4,7H2,1-2H3. The molecule has 2 aromatic heterocycles. The van der Waals surface area contributed by atoms with E-state index in [1.165, 1.54) is 11.3 Å². The van der Waals surface area contributed by atoms with Crippen molar-refractivity contribution in [2.24, 2.45) is 0 Å². The van der Waals surface area contributed by atoms with Crippen molar-refractivity contribution in [2.45, 2.75) is 19.4 Å². The lowest BCUT2D eigenvalue weighted by atomic mass is 10.1. The quantitative estimate of drug-likeness (QED) is 0.741. The molecule has 0 unspecified atom stereocenters. The molecule has 0 atom stereocenters. The molecule has 3 aromatic rings. The molecule has 0 saturated heterocycles. The van der Waals surface area contributed by atoms with Crippen molar-refractivity contribution in [3.05, 3.63) is 39.8 Å². The molecule has 23 heavy (non-hydrogen) atoms. The lowest BCUT2D eigenvalue weighted by Crippen LogP contribution is -2.20. The lowest BCUT2D eigenvalue weighted by molar-refractivity contribution is 0.355. The molecule has 5 nitrogen and oxygen atoms in total. The van der Waals surface area contributed by atoms with Gasteiger partial charge in [-0.25, -0.2) is 4.98 Å². The Kier molecular flexibility index (Phi) is 3.34. The third-order valence-corrected chi connectivity index (χ3v) is 5.12. The van der Waals surface area contributed by atoms with E-state index >= 15 is 0 Å².